The van der Waals surface area contributed by atoms with Gasteiger partial charge < -0.3 is 4.90 Å². The van der Waals surface area contributed by atoms with Crippen LogP contribution >= 0.6 is 0 Å². The summed E-state index contributed by atoms with van der Waals surface area (Å²) in [6, 6.07) is 27.5. The molecule has 33 heavy (non-hydrogen) atoms. The highest BCUT2D eigenvalue weighted by atomic mass is 16.2. The van der Waals surface area contributed by atoms with Crippen LogP contribution in [-0.4, -0.2) is 47.8 Å². The van der Waals surface area contributed by atoms with Crippen molar-refractivity contribution in [3.05, 3.63) is 107 Å². The Kier molecular flexibility index (Phi) is 5.80. The Morgan fingerprint density at radius 2 is 1.39 bits per heavy atom. The topological polar surface area (TPSA) is 43.9 Å². The molecule has 0 saturated carbocycles. The van der Waals surface area contributed by atoms with Crippen LogP contribution in [0.3, 0.4) is 0 Å². The summed E-state index contributed by atoms with van der Waals surface area (Å²) in [4.78, 5) is 33.1. The minimum atomic E-state index is -0.251. The summed E-state index contributed by atoms with van der Waals surface area (Å²) in [6.45, 7) is 5.95. The molecular formula is C28H27N3O2. The molecule has 0 aromatic heterocycles. The monoisotopic (exact) mass is 437 g/mol. The lowest BCUT2D eigenvalue weighted by Gasteiger charge is -2.36. The van der Waals surface area contributed by atoms with Crippen molar-refractivity contribution in [1.82, 2.24) is 9.80 Å². The molecule has 0 unspecified atom stereocenters. The fraction of sp³-hybridized carbons (Fsp3) is 0.214. The number of rotatable bonds is 5. The van der Waals surface area contributed by atoms with Crippen LogP contribution in [0.5, 0.6) is 0 Å². The third-order valence-electron chi connectivity index (χ3n) is 6.32. The largest absolute Gasteiger partial charge is 0.364 e. The van der Waals surface area contributed by atoms with Crippen LogP contribution in [0, 0.1) is 6.92 Å². The Morgan fingerprint density at radius 1 is 0.727 bits per heavy atom. The zero-order chi connectivity index (χ0) is 22.8. The molecule has 0 N–H and O–H groups in total. The average molecular weight is 438 g/mol. The van der Waals surface area contributed by atoms with Gasteiger partial charge in [0, 0.05) is 32.7 Å². The highest BCUT2D eigenvalue weighted by Crippen LogP contribution is 2.35. The molecule has 0 bridgehead atoms. The maximum Gasteiger partial charge on any atom is 0.282 e. The Morgan fingerprint density at radius 3 is 2.06 bits per heavy atom. The lowest BCUT2D eigenvalue weighted by molar-refractivity contribution is -0.120. The van der Waals surface area contributed by atoms with E-state index in [0.717, 1.165) is 30.8 Å². The fourth-order valence-electron chi connectivity index (χ4n) is 4.65. The first-order valence-electron chi connectivity index (χ1n) is 11.4. The Hall–Kier alpha value is -3.70. The molecule has 5 heteroatoms. The average Bonchev–Trinajstić information content (AvgIpc) is 3.10. The van der Waals surface area contributed by atoms with Gasteiger partial charge in [-0.1, -0.05) is 72.8 Å². The number of benzene rings is 3. The third-order valence-corrected chi connectivity index (χ3v) is 6.32. The molecule has 3 aromatic rings. The van der Waals surface area contributed by atoms with Gasteiger partial charge >= 0.3 is 0 Å². The second-order valence-corrected chi connectivity index (χ2v) is 8.62. The van der Waals surface area contributed by atoms with Crippen molar-refractivity contribution in [3.63, 3.8) is 0 Å². The van der Waals surface area contributed by atoms with Crippen molar-refractivity contribution in [2.45, 2.75) is 13.5 Å². The fourth-order valence-corrected chi connectivity index (χ4v) is 4.65. The number of carbonyl (C=O) groups excluding carboxylic acids is 2. The normalized spacial score (nSPS) is 17.2. The van der Waals surface area contributed by atoms with Crippen molar-refractivity contribution >= 4 is 23.1 Å². The molecule has 5 rings (SSSR count). The predicted octanol–water partition coefficient (Wildman–Crippen LogP) is 4.10. The molecule has 2 aliphatic heterocycles. The zero-order valence-electron chi connectivity index (χ0n) is 18.8. The first kappa shape index (κ1) is 21.2. The molecule has 3 aromatic carbocycles. The van der Waals surface area contributed by atoms with E-state index in [1.54, 1.807) is 0 Å². The summed E-state index contributed by atoms with van der Waals surface area (Å²) >= 11 is 0. The number of nitrogens with zero attached hydrogens (tertiary/aromatic N) is 3. The highest BCUT2D eigenvalue weighted by Gasteiger charge is 2.43. The molecule has 2 amide bonds. The van der Waals surface area contributed by atoms with Crippen LogP contribution in [0.4, 0.5) is 5.69 Å². The Bertz CT molecular complexity index is 1200. The highest BCUT2D eigenvalue weighted by molar-refractivity contribution is 6.45. The Balaban J connectivity index is 1.44. The van der Waals surface area contributed by atoms with Gasteiger partial charge in [0.1, 0.15) is 5.70 Å². The van der Waals surface area contributed by atoms with E-state index in [2.05, 4.69) is 34.1 Å². The van der Waals surface area contributed by atoms with E-state index in [1.807, 2.05) is 67.6 Å². The molecule has 0 aliphatic carbocycles. The van der Waals surface area contributed by atoms with Crippen LogP contribution < -0.4 is 4.90 Å². The van der Waals surface area contributed by atoms with E-state index in [0.29, 0.717) is 30.0 Å². The molecule has 5 nitrogen and oxygen atoms in total. The molecule has 1 fully saturated rings. The number of aryl methyl sites for hydroxylation is 1. The van der Waals surface area contributed by atoms with E-state index in [9.17, 15) is 9.59 Å². The van der Waals surface area contributed by atoms with Gasteiger partial charge in [-0.15, -0.1) is 0 Å². The first-order chi connectivity index (χ1) is 16.1. The summed E-state index contributed by atoms with van der Waals surface area (Å²) in [6.07, 6.45) is 0. The molecule has 0 atom stereocenters. The van der Waals surface area contributed by atoms with Gasteiger partial charge in [-0.2, -0.15) is 0 Å². The van der Waals surface area contributed by atoms with Gasteiger partial charge in [0.25, 0.3) is 11.8 Å². The smallest absolute Gasteiger partial charge is 0.282 e. The summed E-state index contributed by atoms with van der Waals surface area (Å²) in [5, 5.41) is 0. The molecule has 2 heterocycles. The molecule has 0 radical (unpaired) electrons. The molecule has 2 aliphatic rings. The lowest BCUT2D eigenvalue weighted by Crippen LogP contribution is -2.47. The molecule has 1 saturated heterocycles. The lowest BCUT2D eigenvalue weighted by atomic mass is 10.0. The van der Waals surface area contributed by atoms with Crippen molar-refractivity contribution < 1.29 is 9.59 Å². The minimum absolute atomic E-state index is 0.235. The zero-order valence-corrected chi connectivity index (χ0v) is 18.8. The summed E-state index contributed by atoms with van der Waals surface area (Å²) in [7, 11) is 0. The quantitative estimate of drug-likeness (QED) is 0.564. The van der Waals surface area contributed by atoms with Crippen molar-refractivity contribution in [3.8, 4) is 0 Å². The van der Waals surface area contributed by atoms with E-state index >= 15 is 0 Å². The predicted molar refractivity (Wildman–Crippen MR) is 130 cm³/mol. The van der Waals surface area contributed by atoms with Crippen LogP contribution in [0.15, 0.2) is 90.6 Å². The van der Waals surface area contributed by atoms with Crippen molar-refractivity contribution in [2.75, 3.05) is 31.1 Å². The maximum atomic E-state index is 13.7. The maximum absolute atomic E-state index is 13.7. The number of imide groups is 1. The third kappa shape index (κ3) is 4.20. The second-order valence-electron chi connectivity index (χ2n) is 8.62. The molecule has 166 valence electrons. The standard InChI is InChI=1S/C28H27N3O2/c1-21-9-8-14-24(19-21)31-27(32)25(23-12-6-3-7-13-23)26(28(31)33)30-17-15-29(16-18-30)20-22-10-4-2-5-11-22/h2-14,19H,15-18,20H2,1H3. The van der Waals surface area contributed by atoms with Crippen LogP contribution in [0.25, 0.3) is 5.57 Å². The van der Waals surface area contributed by atoms with Crippen LogP contribution in [-0.2, 0) is 16.1 Å². The van der Waals surface area contributed by atoms with E-state index in [4.69, 9.17) is 0 Å². The van der Waals surface area contributed by atoms with Gasteiger partial charge in [0.15, 0.2) is 0 Å². The van der Waals surface area contributed by atoms with Gasteiger partial charge in [-0.05, 0) is 35.7 Å². The SMILES string of the molecule is Cc1cccc(N2C(=O)C(c3ccccc3)=C(N3CCN(Cc4ccccc4)CC3)C2=O)c1. The summed E-state index contributed by atoms with van der Waals surface area (Å²) in [5.41, 5.74) is 4.72. The molecular weight excluding hydrogens is 410 g/mol. The number of amides is 2. The van der Waals surface area contributed by atoms with E-state index < -0.39 is 0 Å². The number of hydrogen-bond donors (Lipinski definition) is 0. The summed E-state index contributed by atoms with van der Waals surface area (Å²) in [5.74, 6) is -0.487. The van der Waals surface area contributed by atoms with E-state index in [1.165, 1.54) is 10.5 Å². The summed E-state index contributed by atoms with van der Waals surface area (Å²) < 4.78 is 0. The van der Waals surface area contributed by atoms with Gasteiger partial charge in [-0.3, -0.25) is 14.5 Å². The first-order valence-corrected chi connectivity index (χ1v) is 11.4. The number of anilines is 1. The van der Waals surface area contributed by atoms with Crippen LogP contribution in [0.2, 0.25) is 0 Å². The minimum Gasteiger partial charge on any atom is -0.364 e. The second kappa shape index (κ2) is 9.04. The van der Waals surface area contributed by atoms with Crippen molar-refractivity contribution in [2.24, 2.45) is 0 Å². The molecule has 0 spiro atoms. The van der Waals surface area contributed by atoms with Gasteiger partial charge in [0.2, 0.25) is 0 Å². The van der Waals surface area contributed by atoms with Crippen LogP contribution in [0.1, 0.15) is 16.7 Å². The number of carbonyl (C=O) groups is 2. The van der Waals surface area contributed by atoms with Gasteiger partial charge in [0.05, 0.1) is 11.3 Å². The number of piperazine rings is 1. The van der Waals surface area contributed by atoms with Gasteiger partial charge in [-0.25, -0.2) is 4.90 Å². The Labute approximate surface area is 194 Å². The van der Waals surface area contributed by atoms with Crippen molar-refractivity contribution in [1.29, 1.82) is 0 Å². The number of hydrogen-bond acceptors (Lipinski definition) is 4. The van der Waals surface area contributed by atoms with E-state index in [-0.39, 0.29) is 11.8 Å².